The average Bonchev–Trinajstić information content (AvgIpc) is 3.26. The Balaban J connectivity index is 1.62. The first-order valence-electron chi connectivity index (χ1n) is 7.81. The van der Waals surface area contributed by atoms with E-state index in [-0.39, 0.29) is 23.9 Å². The standard InChI is InChI=1S/C15H15N9O4/c1-8-12(19-23-24(8)14-13(17)21-28-22-14)15(26)20-18-6-9-2-4-10(5-3-9)27-7-11(16)25/h2-6H,7H2,1H3,(H2,16,25)(H2,17,21)(H,20,26)/b18-6-. The third-order valence-electron chi connectivity index (χ3n) is 3.45. The van der Waals surface area contributed by atoms with Crippen LogP contribution in [0.15, 0.2) is 34.0 Å². The lowest BCUT2D eigenvalue weighted by Gasteiger charge is -2.03. The largest absolute Gasteiger partial charge is 0.484 e. The van der Waals surface area contributed by atoms with Crippen molar-refractivity contribution < 1.29 is 19.0 Å². The number of ether oxygens (including phenoxy) is 1. The summed E-state index contributed by atoms with van der Waals surface area (Å²) in [7, 11) is 0. The van der Waals surface area contributed by atoms with Gasteiger partial charge in [-0.3, -0.25) is 9.59 Å². The van der Waals surface area contributed by atoms with Gasteiger partial charge in [0.25, 0.3) is 11.8 Å². The number of benzene rings is 1. The summed E-state index contributed by atoms with van der Waals surface area (Å²) < 4.78 is 10.9. The van der Waals surface area contributed by atoms with E-state index >= 15 is 0 Å². The predicted octanol–water partition coefficient (Wildman–Crippen LogP) is -0.831. The summed E-state index contributed by atoms with van der Waals surface area (Å²) >= 11 is 0. The van der Waals surface area contributed by atoms with Crippen molar-refractivity contribution in [3.8, 4) is 11.6 Å². The molecule has 0 aliphatic heterocycles. The van der Waals surface area contributed by atoms with Crippen LogP contribution in [0.25, 0.3) is 5.82 Å². The molecule has 3 rings (SSSR count). The lowest BCUT2D eigenvalue weighted by molar-refractivity contribution is -0.119. The summed E-state index contributed by atoms with van der Waals surface area (Å²) in [5.74, 6) is -0.513. The number of anilines is 1. The number of hydrogen-bond acceptors (Lipinski definition) is 10. The number of carbonyl (C=O) groups excluding carboxylic acids is 2. The van der Waals surface area contributed by atoms with Crippen LogP contribution in [-0.2, 0) is 4.79 Å². The van der Waals surface area contributed by atoms with Crippen molar-refractivity contribution >= 4 is 23.8 Å². The van der Waals surface area contributed by atoms with Gasteiger partial charge in [0.15, 0.2) is 12.3 Å². The number of primary amides is 1. The summed E-state index contributed by atoms with van der Waals surface area (Å²) in [5.41, 5.74) is 14.1. The Kier molecular flexibility index (Phi) is 5.25. The molecule has 2 aromatic heterocycles. The molecule has 1 aromatic carbocycles. The molecule has 144 valence electrons. The monoisotopic (exact) mass is 385 g/mol. The lowest BCUT2D eigenvalue weighted by atomic mass is 10.2. The van der Waals surface area contributed by atoms with Crippen LogP contribution in [-0.4, -0.2) is 49.9 Å². The quantitative estimate of drug-likeness (QED) is 0.344. The van der Waals surface area contributed by atoms with E-state index in [2.05, 4.69) is 35.8 Å². The van der Waals surface area contributed by atoms with Crippen molar-refractivity contribution in [2.24, 2.45) is 10.8 Å². The third kappa shape index (κ3) is 4.09. The van der Waals surface area contributed by atoms with E-state index in [9.17, 15) is 9.59 Å². The van der Waals surface area contributed by atoms with Crippen LogP contribution >= 0.6 is 0 Å². The summed E-state index contributed by atoms with van der Waals surface area (Å²) in [4.78, 5) is 22.9. The van der Waals surface area contributed by atoms with Crippen LogP contribution in [0.2, 0.25) is 0 Å². The van der Waals surface area contributed by atoms with Gasteiger partial charge in [0.1, 0.15) is 5.75 Å². The number of rotatable bonds is 7. The average molecular weight is 385 g/mol. The molecule has 3 aromatic rings. The second kappa shape index (κ2) is 7.94. The van der Waals surface area contributed by atoms with Gasteiger partial charge >= 0.3 is 0 Å². The number of hydrogen-bond donors (Lipinski definition) is 3. The molecule has 0 aliphatic carbocycles. The van der Waals surface area contributed by atoms with Gasteiger partial charge in [0, 0.05) is 0 Å². The minimum absolute atomic E-state index is 0.0150. The second-order valence-electron chi connectivity index (χ2n) is 5.43. The van der Waals surface area contributed by atoms with E-state index in [0.29, 0.717) is 17.0 Å². The highest BCUT2D eigenvalue weighted by molar-refractivity contribution is 5.94. The zero-order valence-corrected chi connectivity index (χ0v) is 14.6. The lowest BCUT2D eigenvalue weighted by Crippen LogP contribution is -2.20. The number of aromatic nitrogens is 5. The molecule has 5 N–H and O–H groups in total. The van der Waals surface area contributed by atoms with E-state index in [0.717, 1.165) is 0 Å². The number of hydrazone groups is 1. The predicted molar refractivity (Wildman–Crippen MR) is 94.6 cm³/mol. The van der Waals surface area contributed by atoms with Gasteiger partial charge in [0.05, 0.1) is 11.9 Å². The van der Waals surface area contributed by atoms with Crippen LogP contribution in [0.1, 0.15) is 21.7 Å². The Labute approximate surface area is 157 Å². The molecule has 0 bridgehead atoms. The van der Waals surface area contributed by atoms with Crippen molar-refractivity contribution in [1.29, 1.82) is 0 Å². The zero-order valence-electron chi connectivity index (χ0n) is 14.6. The molecule has 28 heavy (non-hydrogen) atoms. The topological polar surface area (TPSA) is 189 Å². The van der Waals surface area contributed by atoms with Crippen molar-refractivity contribution in [2.75, 3.05) is 12.3 Å². The SMILES string of the molecule is Cc1c(C(=O)N/N=C\c2ccc(OCC(N)=O)cc2)nnn1-c1nonc1N. The van der Waals surface area contributed by atoms with Crippen molar-refractivity contribution in [3.05, 3.63) is 41.2 Å². The molecule has 0 saturated carbocycles. The Morgan fingerprint density at radius 1 is 1.32 bits per heavy atom. The molecule has 13 heteroatoms. The van der Waals surface area contributed by atoms with Crippen molar-refractivity contribution in [2.45, 2.75) is 6.92 Å². The van der Waals surface area contributed by atoms with Gasteiger partial charge < -0.3 is 16.2 Å². The highest BCUT2D eigenvalue weighted by Gasteiger charge is 2.20. The van der Waals surface area contributed by atoms with Crippen molar-refractivity contribution in [1.82, 2.24) is 30.7 Å². The number of nitrogens with zero attached hydrogens (tertiary/aromatic N) is 6. The maximum Gasteiger partial charge on any atom is 0.293 e. The first kappa shape index (κ1) is 18.5. The van der Waals surface area contributed by atoms with Crippen LogP contribution < -0.4 is 21.6 Å². The molecule has 2 heterocycles. The van der Waals surface area contributed by atoms with E-state index in [1.807, 2.05) is 0 Å². The summed E-state index contributed by atoms with van der Waals surface area (Å²) in [6.45, 7) is 1.40. The second-order valence-corrected chi connectivity index (χ2v) is 5.43. The van der Waals surface area contributed by atoms with Gasteiger partial charge in [-0.1, -0.05) is 5.21 Å². The third-order valence-corrected chi connectivity index (χ3v) is 3.45. The Bertz CT molecular complexity index is 1020. The number of nitrogens with one attached hydrogen (secondary N) is 1. The van der Waals surface area contributed by atoms with E-state index < -0.39 is 11.8 Å². The fourth-order valence-electron chi connectivity index (χ4n) is 2.10. The van der Waals surface area contributed by atoms with Crippen LogP contribution in [0.4, 0.5) is 5.82 Å². The first-order chi connectivity index (χ1) is 13.5. The molecule has 0 atom stereocenters. The number of carbonyl (C=O) groups is 2. The van der Waals surface area contributed by atoms with Crippen LogP contribution in [0.5, 0.6) is 5.75 Å². The summed E-state index contributed by atoms with van der Waals surface area (Å²) in [6.07, 6.45) is 1.43. The number of nitrogen functional groups attached to an aromatic ring is 1. The molecule has 0 unspecified atom stereocenters. The molecule has 0 aliphatic rings. The van der Waals surface area contributed by atoms with E-state index in [4.69, 9.17) is 16.2 Å². The molecule has 0 fully saturated rings. The number of nitrogens with two attached hydrogens (primary N) is 2. The van der Waals surface area contributed by atoms with Gasteiger partial charge in [-0.2, -0.15) is 9.78 Å². The molecule has 0 spiro atoms. The summed E-state index contributed by atoms with van der Waals surface area (Å²) in [5, 5.41) is 18.5. The molecule has 13 nitrogen and oxygen atoms in total. The molecular formula is C15H15N9O4. The van der Waals surface area contributed by atoms with Crippen molar-refractivity contribution in [3.63, 3.8) is 0 Å². The Morgan fingerprint density at radius 2 is 2.07 bits per heavy atom. The number of amides is 2. The summed E-state index contributed by atoms with van der Waals surface area (Å²) in [6, 6.07) is 6.65. The first-order valence-corrected chi connectivity index (χ1v) is 7.81. The van der Waals surface area contributed by atoms with Crippen LogP contribution in [0, 0.1) is 6.92 Å². The molecule has 0 radical (unpaired) electrons. The molecule has 0 saturated heterocycles. The fraction of sp³-hybridized carbons (Fsp3) is 0.133. The molecular weight excluding hydrogens is 370 g/mol. The van der Waals surface area contributed by atoms with Gasteiger partial charge in [0.2, 0.25) is 11.6 Å². The van der Waals surface area contributed by atoms with Gasteiger partial charge in [-0.15, -0.1) is 5.10 Å². The Hall–Kier alpha value is -4.29. The van der Waals surface area contributed by atoms with Gasteiger partial charge in [-0.25, -0.2) is 10.1 Å². The highest BCUT2D eigenvalue weighted by Crippen LogP contribution is 2.14. The molecule has 2 amide bonds. The van der Waals surface area contributed by atoms with E-state index in [1.165, 1.54) is 10.9 Å². The van der Waals surface area contributed by atoms with Gasteiger partial charge in [-0.05, 0) is 47.1 Å². The highest BCUT2D eigenvalue weighted by atomic mass is 16.6. The Morgan fingerprint density at radius 3 is 2.71 bits per heavy atom. The fourth-order valence-corrected chi connectivity index (χ4v) is 2.10. The maximum absolute atomic E-state index is 12.2. The minimum atomic E-state index is -0.573. The minimum Gasteiger partial charge on any atom is -0.484 e. The normalized spacial score (nSPS) is 10.9. The maximum atomic E-state index is 12.2. The zero-order chi connectivity index (χ0) is 20.1. The van der Waals surface area contributed by atoms with E-state index in [1.54, 1.807) is 31.2 Å². The smallest absolute Gasteiger partial charge is 0.293 e. The van der Waals surface area contributed by atoms with Crippen LogP contribution in [0.3, 0.4) is 0 Å².